The number of aryl methyl sites for hydroxylation is 2. The molecule has 0 amide bonds. The highest BCUT2D eigenvalue weighted by atomic mass is 79.9. The average Bonchev–Trinajstić information content (AvgIpc) is 2.68. The van der Waals surface area contributed by atoms with Crippen molar-refractivity contribution in [3.05, 3.63) is 28.8 Å². The number of hydrogen-bond acceptors (Lipinski definition) is 2. The summed E-state index contributed by atoms with van der Waals surface area (Å²) in [5, 5.41) is 3.74. The molecule has 1 aliphatic rings. The molecule has 0 aliphatic heterocycles. The van der Waals surface area contributed by atoms with E-state index in [1.165, 1.54) is 55.2 Å². The van der Waals surface area contributed by atoms with Crippen molar-refractivity contribution in [3.63, 3.8) is 0 Å². The molecule has 0 aromatic heterocycles. The van der Waals surface area contributed by atoms with Crippen LogP contribution in [0.2, 0.25) is 0 Å². The van der Waals surface area contributed by atoms with Crippen LogP contribution in [0.3, 0.4) is 0 Å². The highest BCUT2D eigenvalue weighted by Gasteiger charge is 2.12. The molecule has 3 heteroatoms. The van der Waals surface area contributed by atoms with Gasteiger partial charge in [0.15, 0.2) is 0 Å². The van der Waals surface area contributed by atoms with Crippen LogP contribution in [0.5, 0.6) is 5.75 Å². The number of nitrogens with one attached hydrogen (secondary N) is 1. The van der Waals surface area contributed by atoms with E-state index in [-0.39, 0.29) is 17.0 Å². The van der Waals surface area contributed by atoms with Gasteiger partial charge in [-0.25, -0.2) is 0 Å². The second-order valence-corrected chi connectivity index (χ2v) is 5.82. The fourth-order valence-electron chi connectivity index (χ4n) is 3.00. The van der Waals surface area contributed by atoms with Gasteiger partial charge in [-0.15, -0.1) is 17.0 Å². The molecule has 1 aromatic carbocycles. The van der Waals surface area contributed by atoms with E-state index >= 15 is 0 Å². The largest absolute Gasteiger partial charge is 0.496 e. The van der Waals surface area contributed by atoms with Crippen LogP contribution in [0.15, 0.2) is 12.1 Å². The molecule has 1 fully saturated rings. The Morgan fingerprint density at radius 3 is 2.30 bits per heavy atom. The summed E-state index contributed by atoms with van der Waals surface area (Å²) < 4.78 is 5.37. The smallest absolute Gasteiger partial charge is 0.122 e. The van der Waals surface area contributed by atoms with E-state index in [2.05, 4.69) is 31.3 Å². The second-order valence-electron chi connectivity index (χ2n) is 5.82. The molecular formula is C17H28BrNO. The molecular weight excluding hydrogens is 314 g/mol. The van der Waals surface area contributed by atoms with E-state index in [0.29, 0.717) is 6.04 Å². The van der Waals surface area contributed by atoms with E-state index in [0.717, 1.165) is 12.3 Å². The fourth-order valence-corrected chi connectivity index (χ4v) is 3.00. The van der Waals surface area contributed by atoms with Crippen LogP contribution in [0.1, 0.15) is 55.2 Å². The Morgan fingerprint density at radius 2 is 1.70 bits per heavy atom. The summed E-state index contributed by atoms with van der Waals surface area (Å²) in [5.41, 5.74) is 3.96. The van der Waals surface area contributed by atoms with Crippen molar-refractivity contribution in [2.24, 2.45) is 0 Å². The van der Waals surface area contributed by atoms with Crippen molar-refractivity contribution in [3.8, 4) is 5.75 Å². The highest BCUT2D eigenvalue weighted by molar-refractivity contribution is 8.93. The zero-order chi connectivity index (χ0) is 13.7. The molecule has 0 atom stereocenters. The van der Waals surface area contributed by atoms with Crippen molar-refractivity contribution >= 4 is 17.0 Å². The summed E-state index contributed by atoms with van der Waals surface area (Å²) in [5.74, 6) is 0.996. The minimum Gasteiger partial charge on any atom is -0.496 e. The first-order chi connectivity index (χ1) is 9.20. The van der Waals surface area contributed by atoms with Crippen molar-refractivity contribution in [1.29, 1.82) is 0 Å². The maximum absolute atomic E-state index is 5.37. The SMILES string of the molecule is Br.COc1cc(C)c(CNC2CCCCCC2)cc1C. The van der Waals surface area contributed by atoms with Gasteiger partial charge in [0.25, 0.3) is 0 Å². The van der Waals surface area contributed by atoms with Gasteiger partial charge in [0.05, 0.1) is 7.11 Å². The molecule has 0 bridgehead atoms. The first-order valence-electron chi connectivity index (χ1n) is 7.58. The van der Waals surface area contributed by atoms with Gasteiger partial charge in [-0.05, 0) is 49.4 Å². The van der Waals surface area contributed by atoms with Gasteiger partial charge in [-0.3, -0.25) is 0 Å². The van der Waals surface area contributed by atoms with Crippen molar-refractivity contribution in [2.45, 2.75) is 65.0 Å². The van der Waals surface area contributed by atoms with E-state index in [1.54, 1.807) is 7.11 Å². The lowest BCUT2D eigenvalue weighted by molar-refractivity contribution is 0.410. The zero-order valence-corrected chi connectivity index (χ0v) is 14.7. The number of halogens is 1. The Labute approximate surface area is 134 Å². The quantitative estimate of drug-likeness (QED) is 0.801. The van der Waals surface area contributed by atoms with Gasteiger partial charge in [0, 0.05) is 12.6 Å². The molecule has 0 heterocycles. The lowest BCUT2D eigenvalue weighted by Gasteiger charge is -2.18. The maximum Gasteiger partial charge on any atom is 0.122 e. The van der Waals surface area contributed by atoms with E-state index < -0.39 is 0 Å². The Balaban J connectivity index is 0.00000200. The van der Waals surface area contributed by atoms with Gasteiger partial charge < -0.3 is 10.1 Å². The van der Waals surface area contributed by atoms with Gasteiger partial charge in [0.1, 0.15) is 5.75 Å². The van der Waals surface area contributed by atoms with Gasteiger partial charge in [0.2, 0.25) is 0 Å². The van der Waals surface area contributed by atoms with Crippen LogP contribution in [0.4, 0.5) is 0 Å². The molecule has 0 spiro atoms. The van der Waals surface area contributed by atoms with Crippen molar-refractivity contribution in [1.82, 2.24) is 5.32 Å². The number of hydrogen-bond donors (Lipinski definition) is 1. The van der Waals surface area contributed by atoms with Crippen LogP contribution in [-0.2, 0) is 6.54 Å². The van der Waals surface area contributed by atoms with Gasteiger partial charge >= 0.3 is 0 Å². The summed E-state index contributed by atoms with van der Waals surface area (Å²) in [7, 11) is 1.74. The van der Waals surface area contributed by atoms with Crippen LogP contribution in [-0.4, -0.2) is 13.2 Å². The summed E-state index contributed by atoms with van der Waals surface area (Å²) in [6, 6.07) is 5.13. The molecule has 20 heavy (non-hydrogen) atoms. The topological polar surface area (TPSA) is 21.3 Å². The lowest BCUT2D eigenvalue weighted by Crippen LogP contribution is -2.28. The Hall–Kier alpha value is -0.540. The standard InChI is InChI=1S/C17H27NO.BrH/c1-13-11-17(19-3)14(2)10-15(13)12-18-16-8-6-4-5-7-9-16;/h10-11,16,18H,4-9,12H2,1-3H3;1H. The van der Waals surface area contributed by atoms with Crippen LogP contribution >= 0.6 is 17.0 Å². The fraction of sp³-hybridized carbons (Fsp3) is 0.647. The maximum atomic E-state index is 5.37. The molecule has 2 rings (SSSR count). The molecule has 0 saturated heterocycles. The predicted molar refractivity (Wildman–Crippen MR) is 91.1 cm³/mol. The molecule has 0 radical (unpaired) electrons. The van der Waals surface area contributed by atoms with E-state index in [9.17, 15) is 0 Å². The number of benzene rings is 1. The molecule has 1 aromatic rings. The lowest BCUT2D eigenvalue weighted by atomic mass is 10.0. The molecule has 1 N–H and O–H groups in total. The minimum absolute atomic E-state index is 0. The van der Waals surface area contributed by atoms with E-state index in [4.69, 9.17) is 4.74 Å². The third-order valence-electron chi connectivity index (χ3n) is 4.29. The molecule has 2 nitrogen and oxygen atoms in total. The molecule has 1 aliphatic carbocycles. The highest BCUT2D eigenvalue weighted by Crippen LogP contribution is 2.23. The first-order valence-corrected chi connectivity index (χ1v) is 7.58. The number of ether oxygens (including phenoxy) is 1. The van der Waals surface area contributed by atoms with Gasteiger partial charge in [-0.2, -0.15) is 0 Å². The Morgan fingerprint density at radius 1 is 1.05 bits per heavy atom. The third-order valence-corrected chi connectivity index (χ3v) is 4.29. The first kappa shape index (κ1) is 17.5. The summed E-state index contributed by atoms with van der Waals surface area (Å²) in [6.07, 6.45) is 8.29. The normalized spacial score (nSPS) is 16.4. The van der Waals surface area contributed by atoms with Crippen molar-refractivity contribution in [2.75, 3.05) is 7.11 Å². The molecule has 0 unspecified atom stereocenters. The van der Waals surface area contributed by atoms with E-state index in [1.807, 2.05) is 0 Å². The minimum atomic E-state index is 0. The predicted octanol–water partition coefficient (Wildman–Crippen LogP) is 4.70. The second kappa shape index (κ2) is 8.68. The summed E-state index contributed by atoms with van der Waals surface area (Å²) in [4.78, 5) is 0. The monoisotopic (exact) mass is 341 g/mol. The summed E-state index contributed by atoms with van der Waals surface area (Å²) >= 11 is 0. The molecule has 1 saturated carbocycles. The Bertz CT molecular complexity index is 412. The van der Waals surface area contributed by atoms with Gasteiger partial charge in [-0.1, -0.05) is 31.7 Å². The molecule has 114 valence electrons. The third kappa shape index (κ3) is 4.78. The van der Waals surface area contributed by atoms with Crippen molar-refractivity contribution < 1.29 is 4.74 Å². The van der Waals surface area contributed by atoms with Crippen LogP contribution < -0.4 is 10.1 Å². The number of methoxy groups -OCH3 is 1. The summed E-state index contributed by atoms with van der Waals surface area (Å²) in [6.45, 7) is 5.28. The Kier molecular flexibility index (Phi) is 7.60. The number of rotatable bonds is 4. The average molecular weight is 342 g/mol. The van der Waals surface area contributed by atoms with Crippen LogP contribution in [0, 0.1) is 13.8 Å². The van der Waals surface area contributed by atoms with Crippen LogP contribution in [0.25, 0.3) is 0 Å². The zero-order valence-electron chi connectivity index (χ0n) is 13.0.